The summed E-state index contributed by atoms with van der Waals surface area (Å²) in [6, 6.07) is 85.6. The molecule has 0 amide bonds. The van der Waals surface area contributed by atoms with Gasteiger partial charge in [-0.25, -0.2) is 0 Å². The van der Waals surface area contributed by atoms with Gasteiger partial charge >= 0.3 is 23.9 Å². The Morgan fingerprint density at radius 1 is 0.470 bits per heavy atom. The van der Waals surface area contributed by atoms with Crippen molar-refractivity contribution in [3.63, 3.8) is 0 Å². The van der Waals surface area contributed by atoms with Gasteiger partial charge in [0.25, 0.3) is 0 Å². The lowest BCUT2D eigenvalue weighted by Gasteiger charge is -2.25. The van der Waals surface area contributed by atoms with Crippen LogP contribution in [0.2, 0.25) is 0 Å². The van der Waals surface area contributed by atoms with Gasteiger partial charge in [0.1, 0.15) is 11.8 Å². The topological polar surface area (TPSA) is 143 Å². The number of carbonyl (C=O) groups is 4. The molecule has 0 spiro atoms. The van der Waals surface area contributed by atoms with Crippen molar-refractivity contribution in [1.82, 2.24) is 14.7 Å². The Balaban J connectivity index is 0.000000175. The molecule has 0 saturated carbocycles. The van der Waals surface area contributed by atoms with E-state index in [9.17, 15) is 19.2 Å². The van der Waals surface area contributed by atoms with Gasteiger partial charge < -0.3 is 33.2 Å². The number of nitrogens with zero attached hydrogens (tertiary/aromatic N) is 3. The van der Waals surface area contributed by atoms with Crippen LogP contribution in [0.3, 0.4) is 0 Å². The number of benzene rings is 9. The zero-order valence-electron chi connectivity index (χ0n) is 58.2. The largest absolute Gasteiger partial charge is 0.497 e. The zero-order valence-corrected chi connectivity index (χ0v) is 60.6. The van der Waals surface area contributed by atoms with Crippen molar-refractivity contribution < 1.29 is 52.3 Å². The molecule has 0 aliphatic carbocycles. The van der Waals surface area contributed by atoms with Crippen LogP contribution in [-0.2, 0) is 99.5 Å². The number of esters is 4. The van der Waals surface area contributed by atoms with E-state index in [1.54, 1.807) is 26.0 Å². The van der Waals surface area contributed by atoms with Crippen molar-refractivity contribution in [3.05, 3.63) is 265 Å². The smallest absolute Gasteiger partial charge is 0.323 e. The second-order valence-corrected chi connectivity index (χ2v) is 30.1. The minimum Gasteiger partial charge on any atom is -0.497 e. The molecule has 0 radical (unpaired) electrons. The number of morpholine rings is 1. The first kappa shape index (κ1) is 75.7. The normalized spacial score (nSPS) is 13.9. The van der Waals surface area contributed by atoms with Crippen molar-refractivity contribution in [1.29, 1.82) is 0 Å². The lowest BCUT2D eigenvalue weighted by atomic mass is 10.2. The highest BCUT2D eigenvalue weighted by atomic mass is 32.2. The molecule has 0 aromatic heterocycles. The van der Waals surface area contributed by atoms with Crippen LogP contribution in [0.1, 0.15) is 42.0 Å². The fraction of sp³-hybridized carbons (Fsp3) is 0.301. The van der Waals surface area contributed by atoms with Crippen molar-refractivity contribution in [3.8, 4) is 5.75 Å². The van der Waals surface area contributed by atoms with Gasteiger partial charge in [0.05, 0.1) is 106 Å². The molecule has 9 aromatic rings. The zero-order chi connectivity index (χ0) is 70.1. The lowest BCUT2D eigenvalue weighted by Crippen LogP contribution is -2.40. The van der Waals surface area contributed by atoms with E-state index in [0.29, 0.717) is 65.8 Å². The second kappa shape index (κ2) is 41.3. The fourth-order valence-electron chi connectivity index (χ4n) is 11.3. The predicted molar refractivity (Wildman–Crippen MR) is 398 cm³/mol. The average Bonchev–Trinajstić information content (AvgIpc) is 1.20. The Morgan fingerprint density at radius 2 is 0.850 bits per heavy atom. The molecule has 522 valence electrons. The van der Waals surface area contributed by atoms with Gasteiger partial charge in [-0.3, -0.25) is 33.9 Å². The molecule has 2 aliphatic rings. The van der Waals surface area contributed by atoms with E-state index < -0.39 is 0 Å². The summed E-state index contributed by atoms with van der Waals surface area (Å²) in [6.07, 6.45) is 3.93. The van der Waals surface area contributed by atoms with Crippen LogP contribution in [0.15, 0.2) is 287 Å². The Labute approximate surface area is 599 Å². The third-order valence-electron chi connectivity index (χ3n) is 16.6. The summed E-state index contributed by atoms with van der Waals surface area (Å²) >= 11 is 0. The van der Waals surface area contributed by atoms with Crippen LogP contribution >= 0.6 is 0 Å². The van der Waals surface area contributed by atoms with Crippen LogP contribution in [0.25, 0.3) is 0 Å². The van der Waals surface area contributed by atoms with Gasteiger partial charge in [0.2, 0.25) is 0 Å². The molecule has 14 nitrogen and oxygen atoms in total. The summed E-state index contributed by atoms with van der Waals surface area (Å²) in [5, 5.41) is 0. The van der Waals surface area contributed by atoms with Crippen molar-refractivity contribution in [2.75, 3.05) is 113 Å². The lowest BCUT2D eigenvalue weighted by molar-refractivity contribution is -0.148. The molecule has 0 bridgehead atoms. The SMILES string of the molecule is CCOC(=O)CN(C)CC(=O)OCCc1ccc([S+](c2ccccc2)c2ccccc2)cc1.COc1ccc([S+](c2ccc(C)cc2)c2ccc(CCOCCCN(C)C3CCOC3=O)cc2)cc1.O=C(CN1CCOCC1)OCCc1ccc([S+](c2ccccc2)c2ccccc2)cc1. The molecule has 2 unspecified atom stereocenters. The van der Waals surface area contributed by atoms with Gasteiger partial charge in [0, 0.05) is 45.5 Å². The monoisotopic (exact) mass is 1400 g/mol. The van der Waals surface area contributed by atoms with E-state index in [1.807, 2.05) is 31.3 Å². The van der Waals surface area contributed by atoms with Gasteiger partial charge in [-0.05, 0) is 179 Å². The summed E-state index contributed by atoms with van der Waals surface area (Å²) in [5.74, 6) is -0.0902. The third kappa shape index (κ3) is 24.4. The summed E-state index contributed by atoms with van der Waals surface area (Å²) < 4.78 is 37.3. The minimum absolute atomic E-state index is 0.0503. The highest BCUT2D eigenvalue weighted by Crippen LogP contribution is 2.35. The van der Waals surface area contributed by atoms with E-state index in [1.165, 1.54) is 60.7 Å². The first-order chi connectivity index (χ1) is 48.9. The van der Waals surface area contributed by atoms with Crippen LogP contribution in [0, 0.1) is 6.92 Å². The van der Waals surface area contributed by atoms with Crippen LogP contribution in [0.5, 0.6) is 5.75 Å². The number of hydrogen-bond acceptors (Lipinski definition) is 14. The standard InChI is InChI=1S/C30H36NO4S.C27H30NO4S.C26H28NO3S/c1-23-5-11-26(12-6-23)36(28-15-9-25(33-3)10-16-28)27-13-7-24(8-14-27)17-21-34-20-4-19-31(2)29-18-22-35-30(29)32;1-3-31-26(29)20-28(2)21-27(30)32-19-18-22-14-16-25(17-15-22)33(23-10-6-4-7-11-23)24-12-8-5-9-13-24;28-26(21-27-16-19-29-20-17-27)30-18-15-22-11-13-25(14-12-22)31(23-7-3-1-4-8-23)24-9-5-2-6-10-24/h5-16,29H,4,17-22H2,1-3H3;4-17H,3,18-21H2,1-2H3;1-14H,15-21H2/q3*+1. The predicted octanol–water partition coefficient (Wildman–Crippen LogP) is 13.9. The van der Waals surface area contributed by atoms with Crippen molar-refractivity contribution in [2.45, 2.75) is 96.1 Å². The maximum absolute atomic E-state index is 12.1. The highest BCUT2D eigenvalue weighted by Gasteiger charge is 2.32. The molecule has 2 saturated heterocycles. The number of methoxy groups -OCH3 is 1. The Kier molecular flexibility index (Phi) is 31.3. The summed E-state index contributed by atoms with van der Waals surface area (Å²) in [6.45, 7) is 11.1. The Morgan fingerprint density at radius 3 is 1.25 bits per heavy atom. The maximum Gasteiger partial charge on any atom is 0.323 e. The van der Waals surface area contributed by atoms with E-state index in [-0.39, 0.29) is 75.7 Å². The van der Waals surface area contributed by atoms with Crippen molar-refractivity contribution >= 4 is 56.6 Å². The molecule has 9 aromatic carbocycles. The highest BCUT2D eigenvalue weighted by molar-refractivity contribution is 7.97. The maximum atomic E-state index is 12.1. The number of hydrogen-bond donors (Lipinski definition) is 0. The van der Waals surface area contributed by atoms with E-state index in [0.717, 1.165) is 56.6 Å². The summed E-state index contributed by atoms with van der Waals surface area (Å²) in [5.41, 5.74) is 4.82. The molecule has 17 heteroatoms. The Bertz CT molecular complexity index is 3780. The average molecular weight is 1410 g/mol. The first-order valence-electron chi connectivity index (χ1n) is 34.2. The van der Waals surface area contributed by atoms with E-state index >= 15 is 0 Å². The summed E-state index contributed by atoms with van der Waals surface area (Å²) in [4.78, 5) is 64.5. The molecule has 2 atom stereocenters. The molecule has 2 aliphatic heterocycles. The third-order valence-corrected chi connectivity index (χ3v) is 23.3. The number of cyclic esters (lactones) is 1. The molecule has 2 heterocycles. The second-order valence-electron chi connectivity index (χ2n) is 24.1. The number of aryl methyl sites for hydroxylation is 1. The van der Waals surface area contributed by atoms with Crippen LogP contribution in [0.4, 0.5) is 0 Å². The van der Waals surface area contributed by atoms with Gasteiger partial charge in [-0.2, -0.15) is 0 Å². The van der Waals surface area contributed by atoms with Crippen molar-refractivity contribution in [2.24, 2.45) is 0 Å². The molecular formula is C83H94N3O11S3+3. The Hall–Kier alpha value is -8.49. The number of carbonyl (C=O) groups excluding carboxylic acids is 4. The van der Waals surface area contributed by atoms with Crippen LogP contribution in [-0.4, -0.2) is 158 Å². The van der Waals surface area contributed by atoms with Crippen LogP contribution < -0.4 is 4.74 Å². The number of likely N-dealkylation sites (N-methyl/N-ethyl adjacent to an activating group) is 2. The number of ether oxygens (including phenoxy) is 7. The molecule has 100 heavy (non-hydrogen) atoms. The molecule has 0 N–H and O–H groups in total. The van der Waals surface area contributed by atoms with Gasteiger partial charge in [0.15, 0.2) is 44.1 Å². The van der Waals surface area contributed by atoms with Gasteiger partial charge in [-0.1, -0.05) is 127 Å². The molecule has 11 rings (SSSR count). The molecular weight excluding hydrogens is 1310 g/mol. The first-order valence-corrected chi connectivity index (χ1v) is 37.9. The number of rotatable bonds is 31. The van der Waals surface area contributed by atoms with E-state index in [2.05, 4.69) is 235 Å². The minimum atomic E-state index is -0.354. The fourth-order valence-corrected chi connectivity index (χ4v) is 17.5. The van der Waals surface area contributed by atoms with E-state index in [4.69, 9.17) is 33.2 Å². The van der Waals surface area contributed by atoms with Gasteiger partial charge in [-0.15, -0.1) is 0 Å². The molecule has 2 fully saturated rings. The summed E-state index contributed by atoms with van der Waals surface area (Å²) in [7, 11) is 4.86. The quantitative estimate of drug-likeness (QED) is 0.0176.